The Hall–Kier alpha value is -2.68. The molecule has 0 atom stereocenters. The molecule has 0 bridgehead atoms. The van der Waals surface area contributed by atoms with E-state index in [0.717, 1.165) is 18.4 Å². The fourth-order valence-electron chi connectivity index (χ4n) is 2.87. The number of para-hydroxylation sites is 1. The van der Waals surface area contributed by atoms with E-state index in [1.165, 1.54) is 11.8 Å². The molecule has 0 unspecified atom stereocenters. The molecule has 3 heterocycles. The van der Waals surface area contributed by atoms with Crippen LogP contribution in [0.2, 0.25) is 0 Å². The van der Waals surface area contributed by atoms with Crippen molar-refractivity contribution in [2.24, 2.45) is 0 Å². The maximum atomic E-state index is 12.9. The zero-order valence-electron chi connectivity index (χ0n) is 14.5. The number of nitrogens with zero attached hydrogens (tertiary/aromatic N) is 6. The van der Waals surface area contributed by atoms with Gasteiger partial charge in [0.05, 0.1) is 16.7 Å². The van der Waals surface area contributed by atoms with E-state index in [1.54, 1.807) is 11.5 Å². The third-order valence-electron chi connectivity index (χ3n) is 4.11. The zero-order chi connectivity index (χ0) is 18.1. The van der Waals surface area contributed by atoms with Crippen molar-refractivity contribution in [2.45, 2.75) is 44.1 Å². The second-order valence-corrected chi connectivity index (χ2v) is 6.91. The third-order valence-corrected chi connectivity index (χ3v) is 5.02. The molecule has 3 aromatic heterocycles. The number of hydrogen-bond acceptors (Lipinski definition) is 7. The number of thioether (sulfide) groups is 1. The first-order valence-electron chi connectivity index (χ1n) is 8.47. The molecule has 0 aliphatic carbocycles. The summed E-state index contributed by atoms with van der Waals surface area (Å²) in [7, 11) is 0. The molecule has 4 rings (SSSR count). The van der Waals surface area contributed by atoms with Crippen molar-refractivity contribution in [3.05, 3.63) is 46.3 Å². The van der Waals surface area contributed by atoms with Gasteiger partial charge >= 0.3 is 0 Å². The van der Waals surface area contributed by atoms with Crippen molar-refractivity contribution >= 4 is 28.4 Å². The van der Waals surface area contributed by atoms with Crippen molar-refractivity contribution in [3.8, 4) is 0 Å². The maximum Gasteiger partial charge on any atom is 0.262 e. The van der Waals surface area contributed by atoms with Crippen LogP contribution in [-0.2, 0) is 12.3 Å². The Kier molecular flexibility index (Phi) is 4.46. The molecular weight excluding hydrogens is 352 g/mol. The molecule has 0 N–H and O–H groups in total. The van der Waals surface area contributed by atoms with Gasteiger partial charge in [-0.25, -0.2) is 0 Å². The number of rotatable bonds is 6. The summed E-state index contributed by atoms with van der Waals surface area (Å²) in [6.07, 6.45) is 1.90. The van der Waals surface area contributed by atoms with Gasteiger partial charge in [-0.1, -0.05) is 42.4 Å². The maximum absolute atomic E-state index is 12.9. The highest BCUT2D eigenvalue weighted by molar-refractivity contribution is 7.98. The van der Waals surface area contributed by atoms with Gasteiger partial charge in [0.25, 0.3) is 5.56 Å². The Balaban J connectivity index is 1.84. The fourth-order valence-corrected chi connectivity index (χ4v) is 3.65. The lowest BCUT2D eigenvalue weighted by Crippen LogP contribution is -2.23. The molecule has 8 nitrogen and oxygen atoms in total. The van der Waals surface area contributed by atoms with E-state index >= 15 is 0 Å². The minimum absolute atomic E-state index is 0.0296. The molecule has 4 aromatic rings. The van der Waals surface area contributed by atoms with Gasteiger partial charge in [-0.2, -0.15) is 4.98 Å². The molecule has 0 aliphatic heterocycles. The van der Waals surface area contributed by atoms with Crippen LogP contribution in [0.3, 0.4) is 0 Å². The lowest BCUT2D eigenvalue weighted by molar-refractivity contribution is 0.387. The highest BCUT2D eigenvalue weighted by Crippen LogP contribution is 2.24. The lowest BCUT2D eigenvalue weighted by atomic mass is 10.2. The van der Waals surface area contributed by atoms with Gasteiger partial charge in [-0.3, -0.25) is 13.8 Å². The summed E-state index contributed by atoms with van der Waals surface area (Å²) in [6.45, 7) is 4.50. The Morgan fingerprint density at radius 3 is 2.85 bits per heavy atom. The molecule has 0 fully saturated rings. The van der Waals surface area contributed by atoms with Gasteiger partial charge in [0.15, 0.2) is 11.0 Å². The standard InChI is InChI=1S/C17H18N6O2S/c1-3-4-9-22-15(24)12-7-5-6-8-13(12)23-16(22)19-20-17(23)26-10-14-18-11(2)21-25-14/h5-8H,3-4,9-10H2,1-2H3. The number of unbranched alkanes of at least 4 members (excludes halogenated alkanes) is 1. The van der Waals surface area contributed by atoms with Gasteiger partial charge in [0.1, 0.15) is 0 Å². The van der Waals surface area contributed by atoms with Crippen molar-refractivity contribution in [3.63, 3.8) is 0 Å². The van der Waals surface area contributed by atoms with E-state index in [-0.39, 0.29) is 5.56 Å². The van der Waals surface area contributed by atoms with Gasteiger partial charge in [0.2, 0.25) is 11.7 Å². The SMILES string of the molecule is CCCCn1c(=O)c2ccccc2n2c(SCc3nc(C)no3)nnc12. The summed E-state index contributed by atoms with van der Waals surface area (Å²) >= 11 is 1.45. The molecule has 0 aliphatic rings. The first-order chi connectivity index (χ1) is 12.7. The van der Waals surface area contributed by atoms with Crippen LogP contribution in [0.1, 0.15) is 31.5 Å². The molecule has 0 saturated carbocycles. The summed E-state index contributed by atoms with van der Waals surface area (Å²) < 4.78 is 8.80. The van der Waals surface area contributed by atoms with E-state index in [2.05, 4.69) is 27.3 Å². The van der Waals surface area contributed by atoms with Crippen LogP contribution in [0.5, 0.6) is 0 Å². The van der Waals surface area contributed by atoms with Crippen LogP contribution in [-0.4, -0.2) is 29.3 Å². The van der Waals surface area contributed by atoms with Gasteiger partial charge in [-0.05, 0) is 25.5 Å². The predicted octanol–water partition coefficient (Wildman–Crippen LogP) is 2.83. The van der Waals surface area contributed by atoms with Crippen molar-refractivity contribution in [1.82, 2.24) is 29.3 Å². The number of hydrogen-bond donors (Lipinski definition) is 0. The zero-order valence-corrected chi connectivity index (χ0v) is 15.4. The van der Waals surface area contributed by atoms with Gasteiger partial charge in [-0.15, -0.1) is 10.2 Å². The fraction of sp³-hybridized carbons (Fsp3) is 0.353. The smallest absolute Gasteiger partial charge is 0.262 e. The minimum Gasteiger partial charge on any atom is -0.338 e. The second kappa shape index (κ2) is 6.91. The summed E-state index contributed by atoms with van der Waals surface area (Å²) in [5, 5.41) is 13.7. The van der Waals surface area contributed by atoms with Crippen LogP contribution < -0.4 is 5.56 Å². The van der Waals surface area contributed by atoms with Crippen molar-refractivity contribution < 1.29 is 4.52 Å². The summed E-state index contributed by atoms with van der Waals surface area (Å²) in [6, 6.07) is 7.54. The second-order valence-electron chi connectivity index (χ2n) is 5.97. The first kappa shape index (κ1) is 16.8. The molecule has 0 amide bonds. The quantitative estimate of drug-likeness (QED) is 0.482. The average Bonchev–Trinajstić information content (AvgIpc) is 3.26. The predicted molar refractivity (Wildman–Crippen MR) is 98.3 cm³/mol. The Labute approximate surface area is 153 Å². The Morgan fingerprint density at radius 2 is 2.08 bits per heavy atom. The van der Waals surface area contributed by atoms with E-state index < -0.39 is 0 Å². The summed E-state index contributed by atoms with van der Waals surface area (Å²) in [5.74, 6) is 2.19. The topological polar surface area (TPSA) is 91.1 Å². The number of fused-ring (bicyclic) bond motifs is 3. The highest BCUT2D eigenvalue weighted by atomic mass is 32.2. The number of benzene rings is 1. The van der Waals surface area contributed by atoms with E-state index in [4.69, 9.17) is 4.52 Å². The Bertz CT molecular complexity index is 1130. The molecule has 0 saturated heterocycles. The van der Waals surface area contributed by atoms with Crippen LogP contribution >= 0.6 is 11.8 Å². The molecular formula is C17H18N6O2S. The summed E-state index contributed by atoms with van der Waals surface area (Å²) in [5.41, 5.74) is 0.771. The van der Waals surface area contributed by atoms with Gasteiger partial charge < -0.3 is 4.52 Å². The van der Waals surface area contributed by atoms with Crippen molar-refractivity contribution in [1.29, 1.82) is 0 Å². The first-order valence-corrected chi connectivity index (χ1v) is 9.46. The van der Waals surface area contributed by atoms with Crippen LogP contribution in [0, 0.1) is 6.92 Å². The average molecular weight is 370 g/mol. The molecule has 134 valence electrons. The van der Waals surface area contributed by atoms with E-state index in [0.29, 0.717) is 40.3 Å². The molecule has 26 heavy (non-hydrogen) atoms. The molecule has 0 radical (unpaired) electrons. The normalized spacial score (nSPS) is 11.6. The largest absolute Gasteiger partial charge is 0.338 e. The van der Waals surface area contributed by atoms with E-state index in [1.807, 2.05) is 28.7 Å². The third kappa shape index (κ3) is 2.88. The molecule has 0 spiro atoms. The van der Waals surface area contributed by atoms with Crippen LogP contribution in [0.15, 0.2) is 38.7 Å². The highest BCUT2D eigenvalue weighted by Gasteiger charge is 2.17. The van der Waals surface area contributed by atoms with Crippen LogP contribution in [0.25, 0.3) is 16.7 Å². The molecule has 9 heteroatoms. The van der Waals surface area contributed by atoms with Crippen molar-refractivity contribution in [2.75, 3.05) is 0 Å². The summed E-state index contributed by atoms with van der Waals surface area (Å²) in [4.78, 5) is 17.1. The lowest BCUT2D eigenvalue weighted by Gasteiger charge is -2.10. The van der Waals surface area contributed by atoms with Gasteiger partial charge in [0, 0.05) is 6.54 Å². The number of aryl methyl sites for hydroxylation is 2. The number of aromatic nitrogens is 6. The Morgan fingerprint density at radius 1 is 1.23 bits per heavy atom. The molecule has 1 aromatic carbocycles. The monoisotopic (exact) mass is 370 g/mol. The minimum atomic E-state index is -0.0296. The van der Waals surface area contributed by atoms with E-state index in [9.17, 15) is 4.79 Å². The van der Waals surface area contributed by atoms with Crippen LogP contribution in [0.4, 0.5) is 0 Å².